The molecule has 0 radical (unpaired) electrons. The molecule has 0 aliphatic carbocycles. The van der Waals surface area contributed by atoms with Crippen molar-refractivity contribution in [2.45, 2.75) is 6.61 Å². The zero-order valence-electron chi connectivity index (χ0n) is 16.4. The lowest BCUT2D eigenvalue weighted by Crippen LogP contribution is -2.48. The molecule has 1 saturated heterocycles. The third-order valence-corrected chi connectivity index (χ3v) is 5.06. The molecule has 4 rings (SSSR count). The van der Waals surface area contributed by atoms with Crippen LogP contribution in [0.15, 0.2) is 71.3 Å². The molecule has 0 bridgehead atoms. The molecule has 6 heteroatoms. The highest BCUT2D eigenvalue weighted by Crippen LogP contribution is 2.23. The zero-order chi connectivity index (χ0) is 20.1. The SMILES string of the molecule is COc1cccc(N2CCN(C(=O)c3occc3COc3ccccc3)CC2)c1. The summed E-state index contributed by atoms with van der Waals surface area (Å²) < 4.78 is 16.6. The summed E-state index contributed by atoms with van der Waals surface area (Å²) in [5.41, 5.74) is 1.86. The number of furan rings is 1. The van der Waals surface area contributed by atoms with Crippen LogP contribution in [0.5, 0.6) is 11.5 Å². The number of rotatable bonds is 6. The van der Waals surface area contributed by atoms with Crippen LogP contribution < -0.4 is 14.4 Å². The highest BCUT2D eigenvalue weighted by atomic mass is 16.5. The number of nitrogens with zero attached hydrogens (tertiary/aromatic N) is 2. The number of amides is 1. The van der Waals surface area contributed by atoms with E-state index < -0.39 is 0 Å². The minimum Gasteiger partial charge on any atom is -0.497 e. The summed E-state index contributed by atoms with van der Waals surface area (Å²) in [7, 11) is 1.66. The minimum absolute atomic E-state index is 0.0908. The standard InChI is InChI=1S/C23H24N2O4/c1-27-21-9-5-6-19(16-21)24-11-13-25(14-12-24)23(26)22-18(10-15-28-22)17-29-20-7-3-2-4-8-20/h2-10,15-16H,11-14,17H2,1H3. The summed E-state index contributed by atoms with van der Waals surface area (Å²) in [6, 6.07) is 19.3. The van der Waals surface area contributed by atoms with E-state index in [0.29, 0.717) is 25.5 Å². The van der Waals surface area contributed by atoms with E-state index in [4.69, 9.17) is 13.9 Å². The van der Waals surface area contributed by atoms with E-state index in [9.17, 15) is 4.79 Å². The third-order valence-electron chi connectivity index (χ3n) is 5.06. The summed E-state index contributed by atoms with van der Waals surface area (Å²) in [4.78, 5) is 17.1. The number of carbonyl (C=O) groups excluding carboxylic acids is 1. The number of hydrogen-bond acceptors (Lipinski definition) is 5. The number of methoxy groups -OCH3 is 1. The summed E-state index contributed by atoms with van der Waals surface area (Å²) in [6.07, 6.45) is 1.55. The molecule has 2 aromatic carbocycles. The molecule has 0 N–H and O–H groups in total. The molecule has 1 aliphatic heterocycles. The van der Waals surface area contributed by atoms with Gasteiger partial charge in [-0.2, -0.15) is 0 Å². The van der Waals surface area contributed by atoms with Crippen LogP contribution in [0, 0.1) is 0 Å². The van der Waals surface area contributed by atoms with Crippen LogP contribution in [0.4, 0.5) is 5.69 Å². The van der Waals surface area contributed by atoms with Crippen LogP contribution in [-0.2, 0) is 6.61 Å². The van der Waals surface area contributed by atoms with Crippen molar-refractivity contribution in [1.29, 1.82) is 0 Å². The van der Waals surface area contributed by atoms with Crippen molar-refractivity contribution in [3.05, 3.63) is 78.3 Å². The smallest absolute Gasteiger partial charge is 0.290 e. The molecule has 1 amide bonds. The summed E-state index contributed by atoms with van der Waals surface area (Å²) >= 11 is 0. The van der Waals surface area contributed by atoms with Gasteiger partial charge in [-0.1, -0.05) is 24.3 Å². The third kappa shape index (κ3) is 4.37. The second kappa shape index (κ2) is 8.73. The second-order valence-corrected chi connectivity index (χ2v) is 6.86. The number of benzene rings is 2. The average Bonchev–Trinajstić information content (AvgIpc) is 3.27. The molecular formula is C23H24N2O4. The van der Waals surface area contributed by atoms with Crippen LogP contribution in [-0.4, -0.2) is 44.1 Å². The molecule has 0 spiro atoms. The van der Waals surface area contributed by atoms with Gasteiger partial charge in [0.2, 0.25) is 0 Å². The monoisotopic (exact) mass is 392 g/mol. The van der Waals surface area contributed by atoms with Crippen molar-refractivity contribution in [3.63, 3.8) is 0 Å². The van der Waals surface area contributed by atoms with E-state index in [1.54, 1.807) is 19.4 Å². The Balaban J connectivity index is 1.37. The molecule has 150 valence electrons. The van der Waals surface area contributed by atoms with Crippen molar-refractivity contribution in [1.82, 2.24) is 4.90 Å². The summed E-state index contributed by atoms with van der Waals surface area (Å²) in [6.45, 7) is 3.09. The molecule has 0 atom stereocenters. The van der Waals surface area contributed by atoms with Crippen LogP contribution in [0.2, 0.25) is 0 Å². The first-order valence-corrected chi connectivity index (χ1v) is 9.67. The molecule has 1 fully saturated rings. The van der Waals surface area contributed by atoms with Gasteiger partial charge in [0.25, 0.3) is 5.91 Å². The van der Waals surface area contributed by atoms with Crippen molar-refractivity contribution in [3.8, 4) is 11.5 Å². The predicted molar refractivity (Wildman–Crippen MR) is 111 cm³/mol. The second-order valence-electron chi connectivity index (χ2n) is 6.86. The van der Waals surface area contributed by atoms with Crippen LogP contribution >= 0.6 is 0 Å². The quantitative estimate of drug-likeness (QED) is 0.638. The lowest BCUT2D eigenvalue weighted by molar-refractivity contribution is 0.0711. The zero-order valence-corrected chi connectivity index (χ0v) is 16.4. The van der Waals surface area contributed by atoms with Crippen LogP contribution in [0.3, 0.4) is 0 Å². The molecule has 1 aromatic heterocycles. The Kier molecular flexibility index (Phi) is 5.70. The highest BCUT2D eigenvalue weighted by Gasteiger charge is 2.26. The largest absolute Gasteiger partial charge is 0.497 e. The normalized spacial score (nSPS) is 14.0. The van der Waals surface area contributed by atoms with Gasteiger partial charge in [-0.05, 0) is 30.3 Å². The van der Waals surface area contributed by atoms with Gasteiger partial charge in [0, 0.05) is 43.5 Å². The number of carbonyl (C=O) groups is 1. The fraction of sp³-hybridized carbons (Fsp3) is 0.261. The molecular weight excluding hydrogens is 368 g/mol. The number of hydrogen-bond donors (Lipinski definition) is 0. The Morgan fingerprint density at radius 2 is 1.72 bits per heavy atom. The van der Waals surface area contributed by atoms with E-state index in [1.165, 1.54) is 0 Å². The van der Waals surface area contributed by atoms with Crippen LogP contribution in [0.1, 0.15) is 16.1 Å². The van der Waals surface area contributed by atoms with Crippen LogP contribution in [0.25, 0.3) is 0 Å². The Bertz CT molecular complexity index is 946. The molecule has 0 saturated carbocycles. The van der Waals surface area contributed by atoms with Gasteiger partial charge in [0.15, 0.2) is 5.76 Å². The summed E-state index contributed by atoms with van der Waals surface area (Å²) in [5.74, 6) is 1.86. The number of para-hydroxylation sites is 1. The lowest BCUT2D eigenvalue weighted by atomic mass is 10.2. The Hall–Kier alpha value is -3.41. The topological polar surface area (TPSA) is 55.2 Å². The van der Waals surface area contributed by atoms with E-state index >= 15 is 0 Å². The van der Waals surface area contributed by atoms with Gasteiger partial charge >= 0.3 is 0 Å². The van der Waals surface area contributed by atoms with Crippen molar-refractivity contribution < 1.29 is 18.7 Å². The maximum absolute atomic E-state index is 13.0. The average molecular weight is 392 g/mol. The highest BCUT2D eigenvalue weighted by molar-refractivity contribution is 5.93. The predicted octanol–water partition coefficient (Wildman–Crippen LogP) is 3.83. The fourth-order valence-electron chi connectivity index (χ4n) is 3.43. The number of ether oxygens (including phenoxy) is 2. The number of piperazine rings is 1. The number of anilines is 1. The Morgan fingerprint density at radius 3 is 2.48 bits per heavy atom. The maximum atomic E-state index is 13.0. The summed E-state index contributed by atoms with van der Waals surface area (Å²) in [5, 5.41) is 0. The van der Waals surface area contributed by atoms with Gasteiger partial charge in [-0.15, -0.1) is 0 Å². The molecule has 29 heavy (non-hydrogen) atoms. The van der Waals surface area contributed by atoms with Gasteiger partial charge in [-0.25, -0.2) is 0 Å². The van der Waals surface area contributed by atoms with Gasteiger partial charge in [0.1, 0.15) is 18.1 Å². The van der Waals surface area contributed by atoms with E-state index in [2.05, 4.69) is 11.0 Å². The Morgan fingerprint density at radius 1 is 0.966 bits per heavy atom. The first kappa shape index (κ1) is 18.9. The molecule has 2 heterocycles. The molecule has 1 aliphatic rings. The first-order chi connectivity index (χ1) is 14.2. The fourth-order valence-corrected chi connectivity index (χ4v) is 3.43. The van der Waals surface area contributed by atoms with Gasteiger partial charge in [0.05, 0.1) is 13.4 Å². The molecule has 0 unspecified atom stereocenters. The molecule has 6 nitrogen and oxygen atoms in total. The first-order valence-electron chi connectivity index (χ1n) is 9.67. The van der Waals surface area contributed by atoms with Crippen molar-refractivity contribution in [2.24, 2.45) is 0 Å². The van der Waals surface area contributed by atoms with E-state index in [-0.39, 0.29) is 5.91 Å². The van der Waals surface area contributed by atoms with Crippen molar-refractivity contribution in [2.75, 3.05) is 38.2 Å². The van der Waals surface area contributed by atoms with E-state index in [0.717, 1.165) is 35.8 Å². The van der Waals surface area contributed by atoms with E-state index in [1.807, 2.05) is 53.4 Å². The Labute approximate surface area is 170 Å². The molecule has 3 aromatic rings. The van der Waals surface area contributed by atoms with Gasteiger partial charge < -0.3 is 23.7 Å². The maximum Gasteiger partial charge on any atom is 0.290 e. The minimum atomic E-state index is -0.0908. The van der Waals surface area contributed by atoms with Crippen molar-refractivity contribution >= 4 is 11.6 Å². The lowest BCUT2D eigenvalue weighted by Gasteiger charge is -2.36. The van der Waals surface area contributed by atoms with Gasteiger partial charge in [-0.3, -0.25) is 4.79 Å².